The first-order valence-corrected chi connectivity index (χ1v) is 6.70. The number of nitrogens with zero attached hydrogens (tertiary/aromatic N) is 2. The first-order chi connectivity index (χ1) is 8.04. The molecule has 2 unspecified atom stereocenters. The van der Waals surface area contributed by atoms with Gasteiger partial charge in [0.15, 0.2) is 0 Å². The van der Waals surface area contributed by atoms with E-state index in [4.69, 9.17) is 0 Å². The summed E-state index contributed by atoms with van der Waals surface area (Å²) in [6.07, 6.45) is 2.56. The SMILES string of the molecule is CCN1CCCC(C(C)NCC(=O)N(C)C)C1. The Morgan fingerprint density at radius 2 is 2.24 bits per heavy atom. The van der Waals surface area contributed by atoms with Gasteiger partial charge in [0.05, 0.1) is 6.54 Å². The van der Waals surface area contributed by atoms with Crippen LogP contribution in [0.5, 0.6) is 0 Å². The van der Waals surface area contributed by atoms with Crippen LogP contribution in [0.15, 0.2) is 0 Å². The van der Waals surface area contributed by atoms with Gasteiger partial charge in [-0.05, 0) is 38.8 Å². The summed E-state index contributed by atoms with van der Waals surface area (Å²) in [5.74, 6) is 0.832. The van der Waals surface area contributed by atoms with Crippen molar-refractivity contribution in [3.05, 3.63) is 0 Å². The molecule has 4 nitrogen and oxygen atoms in total. The Morgan fingerprint density at radius 1 is 1.53 bits per heavy atom. The standard InChI is InChI=1S/C13H27N3O/c1-5-16-8-6-7-12(10-16)11(2)14-9-13(17)15(3)4/h11-12,14H,5-10H2,1-4H3. The summed E-state index contributed by atoms with van der Waals surface area (Å²) in [5, 5.41) is 3.36. The Labute approximate surface area is 105 Å². The molecule has 0 aliphatic carbocycles. The molecule has 1 heterocycles. The summed E-state index contributed by atoms with van der Waals surface area (Å²) < 4.78 is 0. The van der Waals surface area contributed by atoms with Gasteiger partial charge in [-0.1, -0.05) is 6.92 Å². The van der Waals surface area contributed by atoms with Gasteiger partial charge in [-0.15, -0.1) is 0 Å². The second-order valence-electron chi connectivity index (χ2n) is 5.25. The first kappa shape index (κ1) is 14.5. The number of likely N-dealkylation sites (N-methyl/N-ethyl adjacent to an activating group) is 1. The van der Waals surface area contributed by atoms with Crippen molar-refractivity contribution < 1.29 is 4.79 Å². The molecular weight excluding hydrogens is 214 g/mol. The molecule has 0 aromatic heterocycles. The molecule has 1 amide bonds. The Morgan fingerprint density at radius 3 is 2.82 bits per heavy atom. The predicted molar refractivity (Wildman–Crippen MR) is 71.0 cm³/mol. The van der Waals surface area contributed by atoms with E-state index in [1.807, 2.05) is 0 Å². The average Bonchev–Trinajstić information content (AvgIpc) is 2.35. The molecule has 100 valence electrons. The number of likely N-dealkylation sites (tertiary alicyclic amines) is 1. The van der Waals surface area contributed by atoms with E-state index in [1.54, 1.807) is 19.0 Å². The third-order valence-electron chi connectivity index (χ3n) is 3.77. The molecule has 0 aromatic rings. The van der Waals surface area contributed by atoms with Gasteiger partial charge in [0.25, 0.3) is 0 Å². The van der Waals surface area contributed by atoms with Crippen LogP contribution in [0.2, 0.25) is 0 Å². The maximum Gasteiger partial charge on any atom is 0.236 e. The first-order valence-electron chi connectivity index (χ1n) is 6.70. The van der Waals surface area contributed by atoms with E-state index in [0.717, 1.165) is 6.54 Å². The third kappa shape index (κ3) is 4.64. The van der Waals surface area contributed by atoms with Crippen molar-refractivity contribution >= 4 is 5.91 Å². The van der Waals surface area contributed by atoms with Gasteiger partial charge in [0.1, 0.15) is 0 Å². The molecule has 1 rings (SSSR count). The van der Waals surface area contributed by atoms with Crippen molar-refractivity contribution in [3.8, 4) is 0 Å². The minimum absolute atomic E-state index is 0.153. The Kier molecular flexibility index (Phi) is 5.92. The van der Waals surface area contributed by atoms with Crippen LogP contribution in [0.3, 0.4) is 0 Å². The summed E-state index contributed by atoms with van der Waals surface area (Å²) in [6, 6.07) is 0.424. The summed E-state index contributed by atoms with van der Waals surface area (Å²) in [7, 11) is 3.60. The van der Waals surface area contributed by atoms with Crippen LogP contribution < -0.4 is 5.32 Å². The zero-order chi connectivity index (χ0) is 12.8. The second kappa shape index (κ2) is 6.97. The van der Waals surface area contributed by atoms with Crippen LogP contribution in [0.1, 0.15) is 26.7 Å². The Bertz CT molecular complexity index is 243. The molecule has 4 heteroatoms. The van der Waals surface area contributed by atoms with Crippen molar-refractivity contribution in [1.29, 1.82) is 0 Å². The van der Waals surface area contributed by atoms with E-state index in [0.29, 0.717) is 18.5 Å². The second-order valence-corrected chi connectivity index (χ2v) is 5.25. The van der Waals surface area contributed by atoms with Gasteiger partial charge in [-0.3, -0.25) is 4.79 Å². The lowest BCUT2D eigenvalue weighted by atomic mass is 9.91. The Balaban J connectivity index is 2.31. The smallest absolute Gasteiger partial charge is 0.236 e. The topological polar surface area (TPSA) is 35.6 Å². The molecule has 0 aromatic carbocycles. The number of hydrogen-bond acceptors (Lipinski definition) is 3. The average molecular weight is 241 g/mol. The van der Waals surface area contributed by atoms with Crippen LogP contribution in [-0.4, -0.2) is 62.0 Å². The molecular formula is C13H27N3O. The number of rotatable bonds is 5. The highest BCUT2D eigenvalue weighted by atomic mass is 16.2. The highest BCUT2D eigenvalue weighted by Crippen LogP contribution is 2.19. The van der Waals surface area contributed by atoms with Crippen LogP contribution in [0.25, 0.3) is 0 Å². The fraction of sp³-hybridized carbons (Fsp3) is 0.923. The lowest BCUT2D eigenvalue weighted by molar-refractivity contribution is -0.127. The van der Waals surface area contributed by atoms with Gasteiger partial charge in [-0.2, -0.15) is 0 Å². The van der Waals surface area contributed by atoms with Crippen molar-refractivity contribution in [1.82, 2.24) is 15.1 Å². The molecule has 0 saturated carbocycles. The molecule has 1 fully saturated rings. The zero-order valence-corrected chi connectivity index (χ0v) is 11.7. The molecule has 1 N–H and O–H groups in total. The molecule has 0 spiro atoms. The van der Waals surface area contributed by atoms with Crippen LogP contribution >= 0.6 is 0 Å². The maximum absolute atomic E-state index is 11.5. The van der Waals surface area contributed by atoms with Gasteiger partial charge in [0.2, 0.25) is 5.91 Å². The summed E-state index contributed by atoms with van der Waals surface area (Å²) in [6.45, 7) is 8.41. The number of piperidine rings is 1. The van der Waals surface area contributed by atoms with E-state index in [-0.39, 0.29) is 5.91 Å². The molecule has 1 aliphatic rings. The van der Waals surface area contributed by atoms with E-state index < -0.39 is 0 Å². The minimum Gasteiger partial charge on any atom is -0.348 e. The van der Waals surface area contributed by atoms with E-state index in [1.165, 1.54) is 25.9 Å². The highest BCUT2D eigenvalue weighted by Gasteiger charge is 2.23. The van der Waals surface area contributed by atoms with Crippen molar-refractivity contribution in [3.63, 3.8) is 0 Å². The largest absolute Gasteiger partial charge is 0.348 e. The number of hydrogen-bond donors (Lipinski definition) is 1. The number of amides is 1. The zero-order valence-electron chi connectivity index (χ0n) is 11.7. The predicted octanol–water partition coefficient (Wildman–Crippen LogP) is 0.785. The highest BCUT2D eigenvalue weighted by molar-refractivity contribution is 5.77. The quantitative estimate of drug-likeness (QED) is 0.773. The summed E-state index contributed by atoms with van der Waals surface area (Å²) in [4.78, 5) is 15.6. The fourth-order valence-electron chi connectivity index (χ4n) is 2.36. The molecule has 0 bridgehead atoms. The van der Waals surface area contributed by atoms with Gasteiger partial charge < -0.3 is 15.1 Å². The lowest BCUT2D eigenvalue weighted by Crippen LogP contribution is -2.46. The number of nitrogens with one attached hydrogen (secondary N) is 1. The Hall–Kier alpha value is -0.610. The maximum atomic E-state index is 11.5. The molecule has 0 radical (unpaired) electrons. The summed E-state index contributed by atoms with van der Waals surface area (Å²) in [5.41, 5.74) is 0. The van der Waals surface area contributed by atoms with Crippen LogP contribution in [-0.2, 0) is 4.79 Å². The van der Waals surface area contributed by atoms with Crippen molar-refractivity contribution in [2.24, 2.45) is 5.92 Å². The number of carbonyl (C=O) groups excluding carboxylic acids is 1. The molecule has 2 atom stereocenters. The third-order valence-corrected chi connectivity index (χ3v) is 3.77. The lowest BCUT2D eigenvalue weighted by Gasteiger charge is -2.35. The van der Waals surface area contributed by atoms with Gasteiger partial charge >= 0.3 is 0 Å². The van der Waals surface area contributed by atoms with Crippen LogP contribution in [0.4, 0.5) is 0 Å². The van der Waals surface area contributed by atoms with E-state index in [9.17, 15) is 4.79 Å². The number of carbonyl (C=O) groups is 1. The normalized spacial score (nSPS) is 23.4. The van der Waals surface area contributed by atoms with E-state index in [2.05, 4.69) is 24.1 Å². The van der Waals surface area contributed by atoms with Gasteiger partial charge in [-0.25, -0.2) is 0 Å². The van der Waals surface area contributed by atoms with Crippen LogP contribution in [0, 0.1) is 5.92 Å². The fourth-order valence-corrected chi connectivity index (χ4v) is 2.36. The van der Waals surface area contributed by atoms with Gasteiger partial charge in [0, 0.05) is 26.7 Å². The minimum atomic E-state index is 0.153. The van der Waals surface area contributed by atoms with Crippen molar-refractivity contribution in [2.45, 2.75) is 32.7 Å². The molecule has 17 heavy (non-hydrogen) atoms. The summed E-state index contributed by atoms with van der Waals surface area (Å²) >= 11 is 0. The molecule has 1 aliphatic heterocycles. The van der Waals surface area contributed by atoms with Crippen molar-refractivity contribution in [2.75, 3.05) is 40.3 Å². The van der Waals surface area contributed by atoms with E-state index >= 15 is 0 Å². The molecule has 1 saturated heterocycles. The monoisotopic (exact) mass is 241 g/mol.